The Kier molecular flexibility index (Phi) is 10.6. The van der Waals surface area contributed by atoms with E-state index in [1.54, 1.807) is 7.05 Å². The third kappa shape index (κ3) is 8.36. The molecule has 2 atom stereocenters. The van der Waals surface area contributed by atoms with E-state index >= 15 is 0 Å². The van der Waals surface area contributed by atoms with Gasteiger partial charge in [-0.3, -0.25) is 9.59 Å². The van der Waals surface area contributed by atoms with Crippen molar-refractivity contribution in [3.8, 4) is 5.75 Å². The second kappa shape index (κ2) is 13.9. The van der Waals surface area contributed by atoms with E-state index in [1.165, 1.54) is 0 Å². The highest BCUT2D eigenvalue weighted by Gasteiger charge is 2.20. The normalized spacial score (nSPS) is 12.8. The largest absolute Gasteiger partial charge is 0.519 e. The van der Waals surface area contributed by atoms with E-state index < -0.39 is 11.1 Å². The third-order valence-electron chi connectivity index (χ3n) is 5.82. The van der Waals surface area contributed by atoms with Gasteiger partial charge < -0.3 is 23.6 Å². The van der Waals surface area contributed by atoms with Gasteiger partial charge >= 0.3 is 5.82 Å². The van der Waals surface area contributed by atoms with Crippen molar-refractivity contribution in [3.63, 3.8) is 0 Å². The minimum Gasteiger partial charge on any atom is -0.493 e. The maximum absolute atomic E-state index is 12.0. The van der Waals surface area contributed by atoms with Crippen LogP contribution in [-0.4, -0.2) is 30.4 Å². The molecule has 3 aromatic rings. The van der Waals surface area contributed by atoms with Gasteiger partial charge in [0.25, 0.3) is 0 Å². The summed E-state index contributed by atoms with van der Waals surface area (Å²) in [6, 6.07) is 15.6. The minimum absolute atomic E-state index is 0.00199. The number of benzene rings is 2. The number of carbonyl (C=O) groups excluding carboxylic acids is 2. The molecule has 0 radical (unpaired) electrons. The molecule has 9 heteroatoms. The molecular weight excluding hydrogens is 494 g/mol. The third-order valence-corrected chi connectivity index (χ3v) is 6.64. The molecular formula is C28H33NO7S. The summed E-state index contributed by atoms with van der Waals surface area (Å²) < 4.78 is 22.5. The monoisotopic (exact) mass is 527 g/mol. The Morgan fingerprint density at radius 3 is 2.41 bits per heavy atom. The molecule has 0 saturated heterocycles. The highest BCUT2D eigenvalue weighted by atomic mass is 32.2. The quantitative estimate of drug-likeness (QED) is 0.293. The lowest BCUT2D eigenvalue weighted by atomic mass is 10.0. The fourth-order valence-electron chi connectivity index (χ4n) is 3.81. The van der Waals surface area contributed by atoms with E-state index in [0.717, 1.165) is 28.5 Å². The van der Waals surface area contributed by atoms with Crippen molar-refractivity contribution in [3.05, 3.63) is 87.4 Å². The van der Waals surface area contributed by atoms with Crippen molar-refractivity contribution in [1.29, 1.82) is 0 Å². The van der Waals surface area contributed by atoms with Crippen LogP contribution in [0.3, 0.4) is 0 Å². The first-order chi connectivity index (χ1) is 17.8. The van der Waals surface area contributed by atoms with Gasteiger partial charge in [-0.05, 0) is 36.6 Å². The maximum atomic E-state index is 12.0. The topological polar surface area (TPSA) is 108 Å². The van der Waals surface area contributed by atoms with Gasteiger partial charge in [-0.25, -0.2) is 4.79 Å². The fraction of sp³-hybridized carbons (Fsp3) is 0.393. The maximum Gasteiger partial charge on any atom is 0.519 e. The van der Waals surface area contributed by atoms with Crippen LogP contribution in [0.1, 0.15) is 60.5 Å². The molecule has 0 aliphatic heterocycles. The van der Waals surface area contributed by atoms with Crippen LogP contribution < -0.4 is 15.9 Å². The van der Waals surface area contributed by atoms with Gasteiger partial charge in [-0.2, -0.15) is 0 Å². The Balaban J connectivity index is 1.62. The number of hydrogen-bond acceptors (Lipinski definition) is 8. The number of aryl methyl sites for hydroxylation is 1. The van der Waals surface area contributed by atoms with Crippen LogP contribution in [0, 0.1) is 6.92 Å². The van der Waals surface area contributed by atoms with Gasteiger partial charge in [-0.1, -0.05) is 67.6 Å². The SMILES string of the molecule is CNC(=O)C(Cc1ccc(OCCC(OCc2oc(=O)oc2C(C)C)c2ccc(C)cc2)cc1)SC=O. The summed E-state index contributed by atoms with van der Waals surface area (Å²) in [5.74, 6) is 0.666. The zero-order chi connectivity index (χ0) is 26.8. The van der Waals surface area contributed by atoms with Crippen LogP contribution in [0.15, 0.2) is 62.2 Å². The zero-order valence-electron chi connectivity index (χ0n) is 21.5. The summed E-state index contributed by atoms with van der Waals surface area (Å²) >= 11 is 0.963. The lowest BCUT2D eigenvalue weighted by Gasteiger charge is -2.19. The smallest absolute Gasteiger partial charge is 0.493 e. The molecule has 1 aromatic heterocycles. The molecule has 8 nitrogen and oxygen atoms in total. The summed E-state index contributed by atoms with van der Waals surface area (Å²) in [4.78, 5) is 34.4. The van der Waals surface area contributed by atoms with Crippen molar-refractivity contribution in [2.45, 2.75) is 57.5 Å². The molecule has 2 unspecified atom stereocenters. The van der Waals surface area contributed by atoms with Gasteiger partial charge in [0, 0.05) is 19.4 Å². The molecule has 198 valence electrons. The molecule has 0 spiro atoms. The number of thioether (sulfide) groups is 1. The van der Waals surface area contributed by atoms with Crippen molar-refractivity contribution < 1.29 is 27.9 Å². The molecule has 0 aliphatic rings. The predicted molar refractivity (Wildman–Crippen MR) is 142 cm³/mol. The second-order valence-corrected chi connectivity index (χ2v) is 9.96. The Morgan fingerprint density at radius 1 is 1.08 bits per heavy atom. The first-order valence-corrected chi connectivity index (χ1v) is 13.1. The van der Waals surface area contributed by atoms with E-state index in [4.69, 9.17) is 18.3 Å². The van der Waals surface area contributed by atoms with Crippen LogP contribution >= 0.6 is 11.8 Å². The first kappa shape index (κ1) is 28.3. The Bertz CT molecular complexity index is 1200. The van der Waals surface area contributed by atoms with Crippen LogP contribution in [0.5, 0.6) is 5.75 Å². The first-order valence-electron chi connectivity index (χ1n) is 12.1. The van der Waals surface area contributed by atoms with Gasteiger partial charge in [-0.15, -0.1) is 0 Å². The second-order valence-electron chi connectivity index (χ2n) is 8.93. The lowest BCUT2D eigenvalue weighted by molar-refractivity contribution is -0.120. The standard InChI is InChI=1S/C28H33NO7S/c1-18(2)26-24(35-28(32)36-26)16-34-23(21-9-5-19(3)6-10-21)13-14-33-22-11-7-20(8-12-22)15-25(37-17-30)27(31)29-4/h5-12,17-18,23,25H,13-16H2,1-4H3,(H,29,31). The number of amides is 1. The average molecular weight is 528 g/mol. The summed E-state index contributed by atoms with van der Waals surface area (Å²) in [5, 5.41) is 2.11. The molecule has 1 heterocycles. The lowest BCUT2D eigenvalue weighted by Crippen LogP contribution is -2.31. The Hall–Kier alpha value is -3.30. The molecule has 37 heavy (non-hydrogen) atoms. The summed E-state index contributed by atoms with van der Waals surface area (Å²) in [6.07, 6.45) is 0.724. The Morgan fingerprint density at radius 2 is 1.78 bits per heavy atom. The van der Waals surface area contributed by atoms with Gasteiger partial charge in [0.2, 0.25) is 5.91 Å². The number of ether oxygens (including phenoxy) is 2. The molecule has 0 saturated carbocycles. The van der Waals surface area contributed by atoms with E-state index in [-0.39, 0.29) is 24.5 Å². The van der Waals surface area contributed by atoms with E-state index in [9.17, 15) is 14.4 Å². The predicted octanol–water partition coefficient (Wildman–Crippen LogP) is 4.97. The molecule has 0 fully saturated rings. The molecule has 2 aromatic carbocycles. The number of nitrogens with one attached hydrogen (secondary N) is 1. The van der Waals surface area contributed by atoms with Crippen molar-refractivity contribution >= 4 is 23.3 Å². The molecule has 1 N–H and O–H groups in total. The number of hydrogen-bond donors (Lipinski definition) is 1. The van der Waals surface area contributed by atoms with Gasteiger partial charge in [0.15, 0.2) is 17.1 Å². The summed E-state index contributed by atoms with van der Waals surface area (Å²) in [7, 11) is 1.56. The van der Waals surface area contributed by atoms with Crippen LogP contribution in [0.25, 0.3) is 0 Å². The van der Waals surface area contributed by atoms with Crippen LogP contribution in [0.2, 0.25) is 0 Å². The minimum atomic E-state index is -0.729. The van der Waals surface area contributed by atoms with Crippen molar-refractivity contribution in [2.75, 3.05) is 13.7 Å². The molecule has 3 rings (SSSR count). The summed E-state index contributed by atoms with van der Waals surface area (Å²) in [5.41, 5.74) is 3.76. The molecule has 0 bridgehead atoms. The number of rotatable bonds is 14. The van der Waals surface area contributed by atoms with Crippen LogP contribution in [0.4, 0.5) is 0 Å². The van der Waals surface area contributed by atoms with E-state index in [0.29, 0.717) is 42.3 Å². The van der Waals surface area contributed by atoms with E-state index in [1.807, 2.05) is 69.3 Å². The van der Waals surface area contributed by atoms with Crippen molar-refractivity contribution in [2.24, 2.45) is 0 Å². The number of carbonyl (C=O) groups is 2. The zero-order valence-corrected chi connectivity index (χ0v) is 22.3. The Labute approximate surface area is 220 Å². The van der Waals surface area contributed by atoms with Crippen molar-refractivity contribution in [1.82, 2.24) is 5.32 Å². The van der Waals surface area contributed by atoms with Gasteiger partial charge in [0.1, 0.15) is 12.4 Å². The fourth-order valence-corrected chi connectivity index (χ4v) is 4.48. The van der Waals surface area contributed by atoms with Crippen LogP contribution in [-0.2, 0) is 27.4 Å². The highest BCUT2D eigenvalue weighted by Crippen LogP contribution is 2.27. The summed E-state index contributed by atoms with van der Waals surface area (Å²) in [6.45, 7) is 6.38. The molecule has 1 amide bonds. The van der Waals surface area contributed by atoms with E-state index in [2.05, 4.69) is 5.32 Å². The highest BCUT2D eigenvalue weighted by molar-refractivity contribution is 8.13. The molecule has 0 aliphatic carbocycles. The average Bonchev–Trinajstić information content (AvgIpc) is 3.27. The van der Waals surface area contributed by atoms with Gasteiger partial charge in [0.05, 0.1) is 18.0 Å².